The molecule has 80 valence electrons. The number of aliphatic imine (C=N–C) groups is 1. The lowest BCUT2D eigenvalue weighted by Crippen LogP contribution is -2.43. The van der Waals surface area contributed by atoms with Gasteiger partial charge in [0.05, 0.1) is 27.1 Å². The van der Waals surface area contributed by atoms with Crippen molar-refractivity contribution in [3.63, 3.8) is 0 Å². The first kappa shape index (κ1) is 9.92. The van der Waals surface area contributed by atoms with Crippen LogP contribution in [0.5, 0.6) is 0 Å². The van der Waals surface area contributed by atoms with Gasteiger partial charge in [-0.25, -0.2) is 8.20 Å². The van der Waals surface area contributed by atoms with Gasteiger partial charge in [0, 0.05) is 18.3 Å². The van der Waals surface area contributed by atoms with E-state index in [0.717, 1.165) is 22.3 Å². The second-order valence-corrected chi connectivity index (χ2v) is 6.07. The SMILES string of the molecule is OC1CC(C2=NI=C3C(Cl)=NC=CN23)C1. The molecule has 0 aromatic carbocycles. The number of aliphatic hydroxyl groups is 1. The topological polar surface area (TPSA) is 48.2 Å². The van der Waals surface area contributed by atoms with Gasteiger partial charge >= 0.3 is 0 Å². The number of halogens is 2. The van der Waals surface area contributed by atoms with Gasteiger partial charge in [0.2, 0.25) is 0 Å². The highest BCUT2D eigenvalue weighted by molar-refractivity contribution is 14.2. The van der Waals surface area contributed by atoms with Crippen LogP contribution in [0.1, 0.15) is 12.8 Å². The number of aliphatic hydroxyl groups excluding tert-OH is 1. The summed E-state index contributed by atoms with van der Waals surface area (Å²) < 4.78 is 5.64. The van der Waals surface area contributed by atoms with E-state index in [-0.39, 0.29) is 27.1 Å². The summed E-state index contributed by atoms with van der Waals surface area (Å²) >= 11 is 5.62. The molecule has 4 nitrogen and oxygen atoms in total. The van der Waals surface area contributed by atoms with Crippen LogP contribution in [0.3, 0.4) is 0 Å². The van der Waals surface area contributed by atoms with Crippen molar-refractivity contribution in [1.82, 2.24) is 4.90 Å². The van der Waals surface area contributed by atoms with E-state index in [1.165, 1.54) is 0 Å². The van der Waals surface area contributed by atoms with Gasteiger partial charge < -0.3 is 5.11 Å². The van der Waals surface area contributed by atoms with Crippen LogP contribution in [0.15, 0.2) is 20.6 Å². The second-order valence-electron chi connectivity index (χ2n) is 3.73. The maximum atomic E-state index is 9.29. The van der Waals surface area contributed by atoms with Crippen molar-refractivity contribution in [1.29, 1.82) is 0 Å². The fourth-order valence-electron chi connectivity index (χ4n) is 1.82. The Hall–Kier alpha value is -0.270. The average Bonchev–Trinajstić information content (AvgIpc) is 2.58. The van der Waals surface area contributed by atoms with Crippen molar-refractivity contribution in [2.45, 2.75) is 18.9 Å². The Kier molecular flexibility index (Phi) is 2.41. The average molecular weight is 338 g/mol. The first-order valence-electron chi connectivity index (χ1n) is 4.72. The van der Waals surface area contributed by atoms with Gasteiger partial charge in [-0.1, -0.05) is 11.6 Å². The van der Waals surface area contributed by atoms with Gasteiger partial charge in [-0.3, -0.25) is 4.90 Å². The molecule has 2 heterocycles. The van der Waals surface area contributed by atoms with E-state index in [9.17, 15) is 5.11 Å². The number of amidine groups is 1. The van der Waals surface area contributed by atoms with Crippen LogP contribution in [0, 0.1) is 5.92 Å². The molecule has 3 rings (SSSR count). The molecular formula is C9H9ClIN3O. The highest BCUT2D eigenvalue weighted by Crippen LogP contribution is 2.35. The summed E-state index contributed by atoms with van der Waals surface area (Å²) in [6.45, 7) is 0. The molecule has 0 radical (unpaired) electrons. The molecule has 0 atom stereocenters. The monoisotopic (exact) mass is 337 g/mol. The zero-order valence-electron chi connectivity index (χ0n) is 7.77. The molecule has 0 bridgehead atoms. The van der Waals surface area contributed by atoms with E-state index < -0.39 is 0 Å². The van der Waals surface area contributed by atoms with Crippen LogP contribution in [0.2, 0.25) is 0 Å². The Labute approximate surface area is 102 Å². The molecule has 3 aliphatic rings. The van der Waals surface area contributed by atoms with Gasteiger partial charge in [-0.15, -0.1) is 0 Å². The summed E-state index contributed by atoms with van der Waals surface area (Å²) in [7, 11) is 0. The number of rotatable bonds is 1. The van der Waals surface area contributed by atoms with Crippen molar-refractivity contribution < 1.29 is 5.11 Å². The lowest BCUT2D eigenvalue weighted by molar-refractivity contribution is 0.0679. The van der Waals surface area contributed by atoms with Crippen molar-refractivity contribution in [3.8, 4) is 0 Å². The van der Waals surface area contributed by atoms with Crippen molar-refractivity contribution >= 4 is 47.2 Å². The van der Waals surface area contributed by atoms with Crippen LogP contribution in [-0.4, -0.2) is 30.7 Å². The zero-order chi connectivity index (χ0) is 10.4. The largest absolute Gasteiger partial charge is 0.393 e. The van der Waals surface area contributed by atoms with Crippen LogP contribution < -0.4 is 0 Å². The van der Waals surface area contributed by atoms with E-state index in [0.29, 0.717) is 11.1 Å². The van der Waals surface area contributed by atoms with Crippen LogP contribution in [0.4, 0.5) is 0 Å². The van der Waals surface area contributed by atoms with E-state index in [4.69, 9.17) is 11.6 Å². The van der Waals surface area contributed by atoms with Gasteiger partial charge in [0.25, 0.3) is 0 Å². The van der Waals surface area contributed by atoms with Crippen molar-refractivity contribution in [2.24, 2.45) is 14.1 Å². The minimum absolute atomic E-state index is 0.141. The summed E-state index contributed by atoms with van der Waals surface area (Å²) in [6, 6.07) is 0. The molecule has 0 saturated heterocycles. The third-order valence-electron chi connectivity index (χ3n) is 2.72. The van der Waals surface area contributed by atoms with E-state index in [1.54, 1.807) is 6.20 Å². The summed E-state index contributed by atoms with van der Waals surface area (Å²) in [5.41, 5.74) is 0. The molecule has 2 aliphatic heterocycles. The molecule has 1 saturated carbocycles. The molecule has 0 aromatic rings. The lowest BCUT2D eigenvalue weighted by Gasteiger charge is -2.35. The molecule has 1 fully saturated rings. The normalized spacial score (nSPS) is 33.5. The maximum absolute atomic E-state index is 9.29. The lowest BCUT2D eigenvalue weighted by atomic mass is 9.81. The molecule has 0 aromatic heterocycles. The second kappa shape index (κ2) is 3.64. The van der Waals surface area contributed by atoms with Gasteiger partial charge in [0.1, 0.15) is 9.47 Å². The fraction of sp³-hybridized carbons (Fsp3) is 0.444. The summed E-state index contributed by atoms with van der Waals surface area (Å²) in [6.07, 6.45) is 5.13. The van der Waals surface area contributed by atoms with Gasteiger partial charge in [0.15, 0.2) is 5.17 Å². The Morgan fingerprint density at radius 1 is 1.53 bits per heavy atom. The Morgan fingerprint density at radius 3 is 3.07 bits per heavy atom. The Bertz CT molecular complexity index is 423. The zero-order valence-corrected chi connectivity index (χ0v) is 10.7. The first-order chi connectivity index (χ1) is 7.25. The predicted molar refractivity (Wildman–Crippen MR) is 69.5 cm³/mol. The van der Waals surface area contributed by atoms with E-state index in [1.807, 2.05) is 6.20 Å². The molecule has 1 aliphatic carbocycles. The van der Waals surface area contributed by atoms with Crippen molar-refractivity contribution in [2.75, 3.05) is 0 Å². The van der Waals surface area contributed by atoms with E-state index in [2.05, 4.69) is 13.1 Å². The van der Waals surface area contributed by atoms with Crippen molar-refractivity contribution in [3.05, 3.63) is 12.4 Å². The van der Waals surface area contributed by atoms with Crippen LogP contribution in [-0.2, 0) is 0 Å². The Balaban J connectivity index is 1.81. The van der Waals surface area contributed by atoms with E-state index >= 15 is 0 Å². The predicted octanol–water partition coefficient (Wildman–Crippen LogP) is 1.61. The minimum atomic E-state index is -0.385. The standard InChI is InChI=1S/C9H9ClIN3O/c10-7-8-11-13-9(5-3-6(15)4-5)14(8)2-1-12-7/h1-2,5-6,15H,3-4H2. The number of fused-ring (bicyclic) bond motifs is 1. The molecule has 0 spiro atoms. The third-order valence-corrected chi connectivity index (χ3v) is 5.54. The highest BCUT2D eigenvalue weighted by atomic mass is 127. The molecule has 15 heavy (non-hydrogen) atoms. The molecule has 0 amide bonds. The summed E-state index contributed by atoms with van der Waals surface area (Å²) in [5.74, 6) is 1.48. The third kappa shape index (κ3) is 1.57. The maximum Gasteiger partial charge on any atom is 0.160 e. The molecule has 1 N–H and O–H groups in total. The Morgan fingerprint density at radius 2 is 2.33 bits per heavy atom. The quantitative estimate of drug-likeness (QED) is 0.739. The number of nitrogens with zero attached hydrogens (tertiary/aromatic N) is 3. The van der Waals surface area contributed by atoms with Gasteiger partial charge in [-0.05, 0) is 12.8 Å². The molecular weight excluding hydrogens is 328 g/mol. The van der Waals surface area contributed by atoms with Crippen LogP contribution >= 0.6 is 32.6 Å². The first-order valence-corrected chi connectivity index (χ1v) is 7.14. The minimum Gasteiger partial charge on any atom is -0.393 e. The molecule has 0 unspecified atom stereocenters. The highest BCUT2D eigenvalue weighted by Gasteiger charge is 2.37. The fourth-order valence-corrected chi connectivity index (χ4v) is 4.27. The number of hydrogen-bond donors (Lipinski definition) is 1. The molecule has 6 heteroatoms. The smallest absolute Gasteiger partial charge is 0.160 e. The summed E-state index contributed by atoms with van der Waals surface area (Å²) in [4.78, 5) is 6.11. The van der Waals surface area contributed by atoms with Crippen LogP contribution in [0.25, 0.3) is 0 Å². The number of hydrogen-bond acceptors (Lipinski definition) is 4. The summed E-state index contributed by atoms with van der Waals surface area (Å²) in [5, 5.41) is 9.86. The van der Waals surface area contributed by atoms with Gasteiger partial charge in [-0.2, -0.15) is 0 Å².